The fourth-order valence-electron chi connectivity index (χ4n) is 2.34. The third-order valence-corrected chi connectivity index (χ3v) is 4.36. The predicted octanol–water partition coefficient (Wildman–Crippen LogP) is 2.18. The first-order valence-electron chi connectivity index (χ1n) is 7.35. The Labute approximate surface area is 127 Å². The number of carbonyl (C=O) groups is 1. The third kappa shape index (κ3) is 3.30. The fraction of sp³-hybridized carbons (Fsp3) is 0.562. The van der Waals surface area contributed by atoms with Crippen LogP contribution in [0.15, 0.2) is 24.3 Å². The van der Waals surface area contributed by atoms with Gasteiger partial charge in [0.25, 0.3) is 0 Å². The molecule has 1 fully saturated rings. The van der Waals surface area contributed by atoms with Gasteiger partial charge in [-0.2, -0.15) is 0 Å². The zero-order valence-corrected chi connectivity index (χ0v) is 13.7. The van der Waals surface area contributed by atoms with Crippen molar-refractivity contribution < 1.29 is 14.1 Å². The van der Waals surface area contributed by atoms with Crippen molar-refractivity contribution in [3.63, 3.8) is 0 Å². The normalized spacial score (nSPS) is 21.1. The topological polar surface area (TPSA) is 47.6 Å². The summed E-state index contributed by atoms with van der Waals surface area (Å²) in [6, 6.07) is 7.95. The maximum absolute atomic E-state index is 11.2. The molecule has 1 aromatic carbocycles. The first-order valence-corrected chi connectivity index (χ1v) is 7.35. The molecule has 0 aliphatic carbocycles. The minimum absolute atomic E-state index is 0.0372. The number of hydrogen-bond acceptors (Lipinski definition) is 3. The van der Waals surface area contributed by atoms with E-state index in [0.29, 0.717) is 0 Å². The summed E-state index contributed by atoms with van der Waals surface area (Å²) in [7, 11) is -0.375. The van der Waals surface area contributed by atoms with Crippen LogP contribution in [0.4, 0.5) is 0 Å². The third-order valence-electron chi connectivity index (χ3n) is 4.36. The Hall–Kier alpha value is -1.33. The van der Waals surface area contributed by atoms with E-state index in [4.69, 9.17) is 9.31 Å². The van der Waals surface area contributed by atoms with Crippen LogP contribution in [0.5, 0.6) is 0 Å². The van der Waals surface area contributed by atoms with Crippen molar-refractivity contribution >= 4 is 18.5 Å². The summed E-state index contributed by atoms with van der Waals surface area (Å²) in [6.07, 6.45) is 0. The summed E-state index contributed by atoms with van der Waals surface area (Å²) in [5.74, 6) is -0.0384. The molecule has 5 heteroatoms. The number of carbonyl (C=O) groups excluding carboxylic acids is 1. The highest BCUT2D eigenvalue weighted by molar-refractivity contribution is 6.62. The molecule has 0 bridgehead atoms. The van der Waals surface area contributed by atoms with Crippen molar-refractivity contribution in [3.8, 4) is 0 Å². The maximum Gasteiger partial charge on any atom is 0.494 e. The molecule has 1 heterocycles. The van der Waals surface area contributed by atoms with Gasteiger partial charge in [0.2, 0.25) is 5.91 Å². The summed E-state index contributed by atoms with van der Waals surface area (Å²) < 4.78 is 12.1. The molecule has 0 radical (unpaired) electrons. The molecule has 21 heavy (non-hydrogen) atoms. The zero-order chi connectivity index (χ0) is 15.8. The van der Waals surface area contributed by atoms with Crippen molar-refractivity contribution in [2.24, 2.45) is 0 Å². The molecule has 1 aliphatic rings. The Kier molecular flexibility index (Phi) is 4.18. The quantitative estimate of drug-likeness (QED) is 0.868. The summed E-state index contributed by atoms with van der Waals surface area (Å²) in [4.78, 5) is 11.2. The highest BCUT2D eigenvalue weighted by atomic mass is 16.7. The van der Waals surface area contributed by atoms with Gasteiger partial charge in [0, 0.05) is 6.92 Å². The van der Waals surface area contributed by atoms with Gasteiger partial charge in [-0.3, -0.25) is 4.79 Å². The first-order chi connectivity index (χ1) is 9.62. The lowest BCUT2D eigenvalue weighted by Crippen LogP contribution is -2.41. The van der Waals surface area contributed by atoms with Crippen molar-refractivity contribution in [1.82, 2.24) is 5.32 Å². The molecule has 1 amide bonds. The van der Waals surface area contributed by atoms with E-state index in [2.05, 4.69) is 5.32 Å². The largest absolute Gasteiger partial charge is 0.494 e. The van der Waals surface area contributed by atoms with Gasteiger partial charge in [-0.05, 0) is 45.6 Å². The molecule has 1 N–H and O–H groups in total. The van der Waals surface area contributed by atoms with Crippen molar-refractivity contribution in [2.75, 3.05) is 0 Å². The van der Waals surface area contributed by atoms with E-state index in [1.54, 1.807) is 0 Å². The van der Waals surface area contributed by atoms with Crippen LogP contribution in [0.25, 0.3) is 0 Å². The first kappa shape index (κ1) is 16.1. The van der Waals surface area contributed by atoms with Gasteiger partial charge in [0.1, 0.15) is 0 Å². The molecule has 1 aliphatic heterocycles. The average Bonchev–Trinajstić information content (AvgIpc) is 2.58. The zero-order valence-electron chi connectivity index (χ0n) is 13.7. The Morgan fingerprint density at radius 1 is 1.19 bits per heavy atom. The van der Waals surface area contributed by atoms with Crippen LogP contribution in [-0.2, 0) is 14.1 Å². The van der Waals surface area contributed by atoms with E-state index in [-0.39, 0.29) is 30.3 Å². The van der Waals surface area contributed by atoms with Crippen LogP contribution in [0.1, 0.15) is 53.1 Å². The predicted molar refractivity (Wildman–Crippen MR) is 84.4 cm³/mol. The standard InChI is InChI=1S/C16H24BNO3/c1-11(18-12(2)19)13-8-7-9-14(10-13)17-20-15(3,4)16(5,6)21-17/h7-11H,1-6H3,(H,18,19)/t11-/m0/s1. The van der Waals surface area contributed by atoms with Gasteiger partial charge in [-0.1, -0.05) is 24.3 Å². The lowest BCUT2D eigenvalue weighted by atomic mass is 9.78. The molecular weight excluding hydrogens is 265 g/mol. The molecule has 1 saturated heterocycles. The number of amides is 1. The molecule has 2 rings (SSSR count). The van der Waals surface area contributed by atoms with Crippen LogP contribution >= 0.6 is 0 Å². The highest BCUT2D eigenvalue weighted by Gasteiger charge is 2.51. The SMILES string of the molecule is CC(=O)N[C@@H](C)c1cccc(B2OC(C)(C)C(C)(C)O2)c1. The van der Waals surface area contributed by atoms with E-state index in [9.17, 15) is 4.79 Å². The fourth-order valence-corrected chi connectivity index (χ4v) is 2.34. The van der Waals surface area contributed by atoms with Crippen molar-refractivity contribution in [1.29, 1.82) is 0 Å². The second kappa shape index (κ2) is 5.46. The smallest absolute Gasteiger partial charge is 0.399 e. The molecular formula is C16H24BNO3. The average molecular weight is 289 g/mol. The monoisotopic (exact) mass is 289 g/mol. The molecule has 0 unspecified atom stereocenters. The molecule has 0 spiro atoms. The van der Waals surface area contributed by atoms with Crippen LogP contribution in [0.2, 0.25) is 0 Å². The van der Waals surface area contributed by atoms with E-state index in [0.717, 1.165) is 11.0 Å². The van der Waals surface area contributed by atoms with Crippen LogP contribution < -0.4 is 10.8 Å². The molecule has 1 atom stereocenters. The van der Waals surface area contributed by atoms with E-state index >= 15 is 0 Å². The Balaban J connectivity index is 2.21. The van der Waals surface area contributed by atoms with E-state index in [1.807, 2.05) is 58.9 Å². The van der Waals surface area contributed by atoms with Gasteiger partial charge in [0.05, 0.1) is 17.2 Å². The van der Waals surface area contributed by atoms with E-state index in [1.165, 1.54) is 6.92 Å². The molecule has 4 nitrogen and oxygen atoms in total. The summed E-state index contributed by atoms with van der Waals surface area (Å²) in [5, 5.41) is 2.89. The lowest BCUT2D eigenvalue weighted by molar-refractivity contribution is -0.119. The Morgan fingerprint density at radius 3 is 2.29 bits per heavy atom. The molecule has 0 aromatic heterocycles. The van der Waals surface area contributed by atoms with E-state index < -0.39 is 0 Å². The summed E-state index contributed by atoms with van der Waals surface area (Å²) in [6.45, 7) is 11.6. The van der Waals surface area contributed by atoms with Gasteiger partial charge in [-0.25, -0.2) is 0 Å². The van der Waals surface area contributed by atoms with Gasteiger partial charge < -0.3 is 14.6 Å². The van der Waals surface area contributed by atoms with Crippen LogP contribution in [0, 0.1) is 0 Å². The second-order valence-electron chi connectivity index (χ2n) is 6.68. The van der Waals surface area contributed by atoms with Gasteiger partial charge >= 0.3 is 7.12 Å². The lowest BCUT2D eigenvalue weighted by Gasteiger charge is -2.32. The highest BCUT2D eigenvalue weighted by Crippen LogP contribution is 2.36. The van der Waals surface area contributed by atoms with Crippen LogP contribution in [0.3, 0.4) is 0 Å². The molecule has 114 valence electrons. The second-order valence-corrected chi connectivity index (χ2v) is 6.68. The minimum Gasteiger partial charge on any atom is -0.399 e. The van der Waals surface area contributed by atoms with Crippen LogP contribution in [-0.4, -0.2) is 24.2 Å². The Bertz CT molecular complexity index is 526. The number of rotatable bonds is 3. The number of nitrogens with one attached hydrogen (secondary N) is 1. The molecule has 0 saturated carbocycles. The van der Waals surface area contributed by atoms with Gasteiger partial charge in [0.15, 0.2) is 0 Å². The number of hydrogen-bond donors (Lipinski definition) is 1. The summed E-state index contributed by atoms with van der Waals surface area (Å²) >= 11 is 0. The number of benzene rings is 1. The van der Waals surface area contributed by atoms with Crippen molar-refractivity contribution in [3.05, 3.63) is 29.8 Å². The van der Waals surface area contributed by atoms with Crippen molar-refractivity contribution in [2.45, 2.75) is 58.8 Å². The summed E-state index contributed by atoms with van der Waals surface area (Å²) in [5.41, 5.74) is 1.31. The maximum atomic E-state index is 11.2. The Morgan fingerprint density at radius 2 is 1.76 bits per heavy atom. The molecule has 1 aromatic rings. The minimum atomic E-state index is -0.375. The van der Waals surface area contributed by atoms with Gasteiger partial charge in [-0.15, -0.1) is 0 Å².